The molecule has 2 heteroatoms. The predicted molar refractivity (Wildman–Crippen MR) is 102 cm³/mol. The third kappa shape index (κ3) is 2.95. The molecule has 4 rings (SSSR count). The number of hydrogen-bond donors (Lipinski definition) is 0. The van der Waals surface area contributed by atoms with E-state index in [1.165, 1.54) is 28.0 Å². The van der Waals surface area contributed by atoms with Gasteiger partial charge in [-0.1, -0.05) is 78.3 Å². The van der Waals surface area contributed by atoms with Crippen molar-refractivity contribution in [3.63, 3.8) is 0 Å². The number of rotatable bonds is 3. The van der Waals surface area contributed by atoms with E-state index in [2.05, 4.69) is 71.6 Å². The Bertz CT molecular complexity index is 883. The Morgan fingerprint density at radius 2 is 1.62 bits per heavy atom. The first kappa shape index (κ1) is 15.0. The molecule has 0 bridgehead atoms. The molecule has 0 aromatic heterocycles. The zero-order valence-electron chi connectivity index (χ0n) is 13.3. The Kier molecular flexibility index (Phi) is 4.10. The Morgan fingerprint density at radius 3 is 2.46 bits per heavy atom. The van der Waals surface area contributed by atoms with Crippen molar-refractivity contribution in [1.82, 2.24) is 0 Å². The molecule has 3 aromatic carbocycles. The Balaban J connectivity index is 1.72. The van der Waals surface area contributed by atoms with Gasteiger partial charge in [-0.05, 0) is 34.9 Å². The molecule has 1 nitrogen and oxygen atoms in total. The third-order valence-corrected chi connectivity index (χ3v) is 4.64. The molecule has 0 radical (unpaired) electrons. The summed E-state index contributed by atoms with van der Waals surface area (Å²) < 4.78 is 0. The second kappa shape index (κ2) is 6.54. The fourth-order valence-corrected chi connectivity index (χ4v) is 3.46. The van der Waals surface area contributed by atoms with Crippen LogP contribution in [0.2, 0.25) is 5.02 Å². The number of fused-ring (bicyclic) bond motifs is 1. The average molecular weight is 332 g/mol. The molecule has 0 saturated heterocycles. The van der Waals surface area contributed by atoms with Gasteiger partial charge in [-0.3, -0.25) is 0 Å². The summed E-state index contributed by atoms with van der Waals surface area (Å²) in [5.41, 5.74) is 6.31. The van der Waals surface area contributed by atoms with Crippen molar-refractivity contribution in [1.29, 1.82) is 0 Å². The number of anilines is 1. The van der Waals surface area contributed by atoms with Gasteiger partial charge in [0.25, 0.3) is 0 Å². The minimum atomic E-state index is 0.776. The highest BCUT2D eigenvalue weighted by atomic mass is 35.5. The van der Waals surface area contributed by atoms with E-state index in [0.29, 0.717) is 0 Å². The van der Waals surface area contributed by atoms with Crippen LogP contribution in [0.5, 0.6) is 0 Å². The van der Waals surface area contributed by atoms with E-state index in [-0.39, 0.29) is 0 Å². The standard InChI is InChI=1S/C22H18ClN/c23-19-10-6-9-18(15-19)20-13-14-24(16-17-7-2-1-3-8-17)22-12-5-4-11-21(20)22/h1-13,15H,14,16H2. The van der Waals surface area contributed by atoms with Crippen molar-refractivity contribution in [2.75, 3.05) is 11.4 Å². The van der Waals surface area contributed by atoms with Crippen LogP contribution in [0.15, 0.2) is 84.9 Å². The largest absolute Gasteiger partial charge is 0.363 e. The van der Waals surface area contributed by atoms with Crippen LogP contribution >= 0.6 is 11.6 Å². The molecular formula is C22H18ClN. The van der Waals surface area contributed by atoms with Gasteiger partial charge in [0, 0.05) is 29.4 Å². The molecule has 0 aliphatic carbocycles. The molecule has 0 atom stereocenters. The van der Waals surface area contributed by atoms with Gasteiger partial charge in [-0.15, -0.1) is 0 Å². The highest BCUT2D eigenvalue weighted by Gasteiger charge is 2.19. The van der Waals surface area contributed by atoms with E-state index in [1.807, 2.05) is 18.2 Å². The smallest absolute Gasteiger partial charge is 0.0451 e. The van der Waals surface area contributed by atoms with Gasteiger partial charge in [0.05, 0.1) is 0 Å². The topological polar surface area (TPSA) is 3.24 Å². The van der Waals surface area contributed by atoms with Crippen LogP contribution in [-0.2, 0) is 6.54 Å². The lowest BCUT2D eigenvalue weighted by Crippen LogP contribution is -2.26. The van der Waals surface area contributed by atoms with E-state index in [4.69, 9.17) is 11.6 Å². The normalized spacial score (nSPS) is 13.4. The molecule has 0 unspecified atom stereocenters. The lowest BCUT2D eigenvalue weighted by atomic mass is 9.93. The van der Waals surface area contributed by atoms with Gasteiger partial charge < -0.3 is 4.90 Å². The quantitative estimate of drug-likeness (QED) is 0.587. The van der Waals surface area contributed by atoms with E-state index in [0.717, 1.165) is 18.1 Å². The summed E-state index contributed by atoms with van der Waals surface area (Å²) in [7, 11) is 0. The molecule has 118 valence electrons. The maximum absolute atomic E-state index is 6.19. The summed E-state index contributed by atoms with van der Waals surface area (Å²) in [5.74, 6) is 0. The highest BCUT2D eigenvalue weighted by Crippen LogP contribution is 2.36. The first-order chi connectivity index (χ1) is 11.8. The average Bonchev–Trinajstić information content (AvgIpc) is 2.63. The first-order valence-electron chi connectivity index (χ1n) is 8.15. The number of halogens is 1. The van der Waals surface area contributed by atoms with E-state index in [1.54, 1.807) is 0 Å². The molecular weight excluding hydrogens is 314 g/mol. The van der Waals surface area contributed by atoms with Crippen LogP contribution in [0.1, 0.15) is 16.7 Å². The zero-order valence-corrected chi connectivity index (χ0v) is 14.1. The lowest BCUT2D eigenvalue weighted by Gasteiger charge is -2.31. The first-order valence-corrected chi connectivity index (χ1v) is 8.53. The lowest BCUT2D eigenvalue weighted by molar-refractivity contribution is 0.858. The zero-order chi connectivity index (χ0) is 16.4. The van der Waals surface area contributed by atoms with Crippen molar-refractivity contribution in [2.45, 2.75) is 6.54 Å². The van der Waals surface area contributed by atoms with Gasteiger partial charge in [0.1, 0.15) is 0 Å². The van der Waals surface area contributed by atoms with E-state index >= 15 is 0 Å². The molecule has 1 aliphatic rings. The Hall–Kier alpha value is -2.51. The Morgan fingerprint density at radius 1 is 0.833 bits per heavy atom. The van der Waals surface area contributed by atoms with Gasteiger partial charge in [0.2, 0.25) is 0 Å². The van der Waals surface area contributed by atoms with Crippen LogP contribution in [0.25, 0.3) is 5.57 Å². The van der Waals surface area contributed by atoms with E-state index in [9.17, 15) is 0 Å². The predicted octanol–water partition coefficient (Wildman–Crippen LogP) is 5.79. The third-order valence-electron chi connectivity index (χ3n) is 4.40. The molecule has 0 N–H and O–H groups in total. The second-order valence-corrected chi connectivity index (χ2v) is 6.45. The molecule has 1 heterocycles. The minimum absolute atomic E-state index is 0.776. The summed E-state index contributed by atoms with van der Waals surface area (Å²) in [5, 5.41) is 0.776. The molecule has 0 fully saturated rings. The van der Waals surface area contributed by atoms with Crippen LogP contribution in [0.4, 0.5) is 5.69 Å². The van der Waals surface area contributed by atoms with Crippen LogP contribution in [0, 0.1) is 0 Å². The van der Waals surface area contributed by atoms with Crippen LogP contribution < -0.4 is 4.90 Å². The van der Waals surface area contributed by atoms with Crippen molar-refractivity contribution in [3.8, 4) is 0 Å². The fraction of sp³-hybridized carbons (Fsp3) is 0.0909. The second-order valence-electron chi connectivity index (χ2n) is 6.01. The van der Waals surface area contributed by atoms with Crippen molar-refractivity contribution in [2.24, 2.45) is 0 Å². The monoisotopic (exact) mass is 331 g/mol. The summed E-state index contributed by atoms with van der Waals surface area (Å²) in [6, 6.07) is 27.3. The molecule has 0 spiro atoms. The number of hydrogen-bond acceptors (Lipinski definition) is 1. The van der Waals surface area contributed by atoms with Crippen molar-refractivity contribution < 1.29 is 0 Å². The molecule has 0 amide bonds. The number of benzene rings is 3. The Labute approximate surface area is 147 Å². The minimum Gasteiger partial charge on any atom is -0.363 e. The molecule has 0 saturated carbocycles. The van der Waals surface area contributed by atoms with Crippen molar-refractivity contribution >= 4 is 22.9 Å². The number of para-hydroxylation sites is 1. The molecule has 3 aromatic rings. The van der Waals surface area contributed by atoms with Gasteiger partial charge in [-0.2, -0.15) is 0 Å². The highest BCUT2D eigenvalue weighted by molar-refractivity contribution is 6.30. The fourth-order valence-electron chi connectivity index (χ4n) is 3.27. The van der Waals surface area contributed by atoms with Gasteiger partial charge >= 0.3 is 0 Å². The SMILES string of the molecule is Clc1cccc(C2=CCN(Cc3ccccc3)c3ccccc32)c1. The summed E-state index contributed by atoms with van der Waals surface area (Å²) in [4.78, 5) is 2.42. The van der Waals surface area contributed by atoms with Crippen molar-refractivity contribution in [3.05, 3.63) is 107 Å². The molecule has 24 heavy (non-hydrogen) atoms. The summed E-state index contributed by atoms with van der Waals surface area (Å²) in [6.07, 6.45) is 2.30. The molecule has 1 aliphatic heterocycles. The van der Waals surface area contributed by atoms with Crippen LogP contribution in [-0.4, -0.2) is 6.54 Å². The maximum atomic E-state index is 6.19. The van der Waals surface area contributed by atoms with Gasteiger partial charge in [0.15, 0.2) is 0 Å². The maximum Gasteiger partial charge on any atom is 0.0451 e. The van der Waals surface area contributed by atoms with E-state index < -0.39 is 0 Å². The summed E-state index contributed by atoms with van der Waals surface area (Å²) >= 11 is 6.19. The van der Waals surface area contributed by atoms with Gasteiger partial charge in [-0.25, -0.2) is 0 Å². The van der Waals surface area contributed by atoms with Crippen LogP contribution in [0.3, 0.4) is 0 Å². The number of nitrogens with zero attached hydrogens (tertiary/aromatic N) is 1. The summed E-state index contributed by atoms with van der Waals surface area (Å²) in [6.45, 7) is 1.81.